The standard InChI is InChI=1S/C22H27FN2O/c1-25(2)19(15-16-7-10-18(23)11-8-16)12-14-22(26)24-21-13-9-17-5-3-4-6-20(17)21/h3-8,10-11,19,21H,9,12-15H2,1-2H3,(H,24,26)/t19-,21?/m1/s1. The molecule has 138 valence electrons. The lowest BCUT2D eigenvalue weighted by Gasteiger charge is -2.24. The summed E-state index contributed by atoms with van der Waals surface area (Å²) in [5.74, 6) is -0.107. The first-order chi connectivity index (χ1) is 12.5. The number of benzene rings is 2. The smallest absolute Gasteiger partial charge is 0.220 e. The van der Waals surface area contributed by atoms with Gasteiger partial charge in [-0.05, 0) is 68.6 Å². The third kappa shape index (κ3) is 4.70. The molecule has 1 N–H and O–H groups in total. The van der Waals surface area contributed by atoms with Gasteiger partial charge in [-0.2, -0.15) is 0 Å². The van der Waals surface area contributed by atoms with E-state index in [1.165, 1.54) is 23.3 Å². The molecule has 1 aliphatic carbocycles. The summed E-state index contributed by atoms with van der Waals surface area (Å²) >= 11 is 0. The van der Waals surface area contributed by atoms with Crippen molar-refractivity contribution in [3.8, 4) is 0 Å². The van der Waals surface area contributed by atoms with Crippen molar-refractivity contribution in [2.24, 2.45) is 0 Å². The molecule has 0 aliphatic heterocycles. The van der Waals surface area contributed by atoms with Crippen molar-refractivity contribution in [2.45, 2.75) is 44.2 Å². The number of halogens is 1. The molecule has 26 heavy (non-hydrogen) atoms. The van der Waals surface area contributed by atoms with Crippen LogP contribution in [0, 0.1) is 5.82 Å². The SMILES string of the molecule is CN(C)[C@H](CCC(=O)NC1CCc2ccccc21)Cc1ccc(F)cc1. The highest BCUT2D eigenvalue weighted by Gasteiger charge is 2.23. The number of likely N-dealkylation sites (N-methyl/N-ethyl adjacent to an activating group) is 1. The maximum Gasteiger partial charge on any atom is 0.220 e. The molecule has 3 rings (SSSR count). The number of carbonyl (C=O) groups is 1. The Morgan fingerprint density at radius 2 is 1.92 bits per heavy atom. The summed E-state index contributed by atoms with van der Waals surface area (Å²) in [6.45, 7) is 0. The van der Waals surface area contributed by atoms with Gasteiger partial charge in [0.1, 0.15) is 5.82 Å². The second-order valence-electron chi connectivity index (χ2n) is 7.34. The van der Waals surface area contributed by atoms with E-state index in [4.69, 9.17) is 0 Å². The van der Waals surface area contributed by atoms with Crippen LogP contribution in [-0.4, -0.2) is 30.9 Å². The Morgan fingerprint density at radius 3 is 2.65 bits per heavy atom. The molecular formula is C22H27FN2O. The third-order valence-corrected chi connectivity index (χ3v) is 5.29. The summed E-state index contributed by atoms with van der Waals surface area (Å²) < 4.78 is 13.1. The van der Waals surface area contributed by atoms with Crippen molar-refractivity contribution in [1.82, 2.24) is 10.2 Å². The summed E-state index contributed by atoms with van der Waals surface area (Å²) in [6, 6.07) is 15.4. The molecule has 3 nitrogen and oxygen atoms in total. The van der Waals surface area contributed by atoms with Gasteiger partial charge in [-0.25, -0.2) is 4.39 Å². The summed E-state index contributed by atoms with van der Waals surface area (Å²) in [7, 11) is 4.05. The predicted molar refractivity (Wildman–Crippen MR) is 102 cm³/mol. The van der Waals surface area contributed by atoms with E-state index in [0.717, 1.165) is 31.2 Å². The molecule has 0 aromatic heterocycles. The molecule has 2 atom stereocenters. The molecule has 0 bridgehead atoms. The quantitative estimate of drug-likeness (QED) is 0.818. The average molecular weight is 354 g/mol. The van der Waals surface area contributed by atoms with Crippen molar-refractivity contribution in [2.75, 3.05) is 14.1 Å². The van der Waals surface area contributed by atoms with Crippen LogP contribution >= 0.6 is 0 Å². The summed E-state index contributed by atoms with van der Waals surface area (Å²) in [4.78, 5) is 14.6. The van der Waals surface area contributed by atoms with E-state index < -0.39 is 0 Å². The zero-order valence-corrected chi connectivity index (χ0v) is 15.5. The van der Waals surface area contributed by atoms with Crippen molar-refractivity contribution in [3.05, 3.63) is 71.0 Å². The predicted octanol–water partition coefficient (Wildman–Crippen LogP) is 3.88. The minimum absolute atomic E-state index is 0.109. The Hall–Kier alpha value is -2.20. The molecule has 0 fully saturated rings. The van der Waals surface area contributed by atoms with E-state index in [9.17, 15) is 9.18 Å². The molecule has 1 amide bonds. The van der Waals surface area contributed by atoms with Crippen molar-refractivity contribution in [1.29, 1.82) is 0 Å². The fourth-order valence-corrected chi connectivity index (χ4v) is 3.71. The van der Waals surface area contributed by atoms with Gasteiger partial charge in [-0.1, -0.05) is 36.4 Å². The van der Waals surface area contributed by atoms with Crippen LogP contribution in [0.2, 0.25) is 0 Å². The highest BCUT2D eigenvalue weighted by Crippen LogP contribution is 2.30. The van der Waals surface area contributed by atoms with Gasteiger partial charge in [0.15, 0.2) is 0 Å². The van der Waals surface area contributed by atoms with E-state index in [-0.39, 0.29) is 23.8 Å². The molecule has 1 unspecified atom stereocenters. The molecule has 4 heteroatoms. The van der Waals surface area contributed by atoms with Gasteiger partial charge in [0.2, 0.25) is 5.91 Å². The van der Waals surface area contributed by atoms with E-state index in [1.54, 1.807) is 0 Å². The van der Waals surface area contributed by atoms with Crippen LogP contribution in [0.1, 0.15) is 42.0 Å². The first kappa shape index (κ1) is 18.6. The highest BCUT2D eigenvalue weighted by molar-refractivity contribution is 5.76. The number of nitrogens with one attached hydrogen (secondary N) is 1. The number of aryl methyl sites for hydroxylation is 1. The average Bonchev–Trinajstić information content (AvgIpc) is 3.03. The molecule has 1 aliphatic rings. The normalized spacial score (nSPS) is 17.2. The van der Waals surface area contributed by atoms with Crippen LogP contribution < -0.4 is 5.32 Å². The van der Waals surface area contributed by atoms with Gasteiger partial charge >= 0.3 is 0 Å². The first-order valence-electron chi connectivity index (χ1n) is 9.31. The van der Waals surface area contributed by atoms with E-state index in [1.807, 2.05) is 32.3 Å². The number of carbonyl (C=O) groups excluding carboxylic acids is 1. The molecule has 2 aromatic rings. The van der Waals surface area contributed by atoms with Gasteiger partial charge in [-0.15, -0.1) is 0 Å². The lowest BCUT2D eigenvalue weighted by atomic mass is 10.0. The van der Waals surface area contributed by atoms with Crippen LogP contribution in [0.3, 0.4) is 0 Å². The second kappa shape index (κ2) is 8.45. The van der Waals surface area contributed by atoms with Gasteiger partial charge in [0.05, 0.1) is 6.04 Å². The topological polar surface area (TPSA) is 32.3 Å². The van der Waals surface area contributed by atoms with Gasteiger partial charge in [0, 0.05) is 12.5 Å². The maximum absolute atomic E-state index is 13.1. The number of hydrogen-bond acceptors (Lipinski definition) is 2. The van der Waals surface area contributed by atoms with Crippen molar-refractivity contribution >= 4 is 5.91 Å². The molecule has 2 aromatic carbocycles. The molecular weight excluding hydrogens is 327 g/mol. The third-order valence-electron chi connectivity index (χ3n) is 5.29. The molecule has 0 radical (unpaired) electrons. The second-order valence-corrected chi connectivity index (χ2v) is 7.34. The Bertz CT molecular complexity index is 742. The van der Waals surface area contributed by atoms with Crippen LogP contribution in [0.5, 0.6) is 0 Å². The zero-order valence-electron chi connectivity index (χ0n) is 15.5. The minimum atomic E-state index is -0.216. The lowest BCUT2D eigenvalue weighted by Crippen LogP contribution is -2.33. The lowest BCUT2D eigenvalue weighted by molar-refractivity contribution is -0.122. The monoisotopic (exact) mass is 354 g/mol. The number of hydrogen-bond donors (Lipinski definition) is 1. The number of rotatable bonds is 7. The number of amides is 1. The minimum Gasteiger partial charge on any atom is -0.349 e. The van der Waals surface area contributed by atoms with E-state index in [2.05, 4.69) is 28.4 Å². The number of fused-ring (bicyclic) bond motifs is 1. The molecule has 0 spiro atoms. The summed E-state index contributed by atoms with van der Waals surface area (Å²) in [5, 5.41) is 3.19. The van der Waals surface area contributed by atoms with Gasteiger partial charge in [0.25, 0.3) is 0 Å². The first-order valence-corrected chi connectivity index (χ1v) is 9.31. The van der Waals surface area contributed by atoms with Crippen LogP contribution in [0.15, 0.2) is 48.5 Å². The zero-order chi connectivity index (χ0) is 18.5. The largest absolute Gasteiger partial charge is 0.349 e. The highest BCUT2D eigenvalue weighted by atomic mass is 19.1. The Morgan fingerprint density at radius 1 is 1.19 bits per heavy atom. The molecule has 0 heterocycles. The summed E-state index contributed by atoms with van der Waals surface area (Å²) in [6.07, 6.45) is 4.11. The molecule has 0 saturated carbocycles. The molecule has 0 saturated heterocycles. The maximum atomic E-state index is 13.1. The fraction of sp³-hybridized carbons (Fsp3) is 0.409. The van der Waals surface area contributed by atoms with E-state index >= 15 is 0 Å². The van der Waals surface area contributed by atoms with Crippen LogP contribution in [0.4, 0.5) is 4.39 Å². The van der Waals surface area contributed by atoms with Crippen molar-refractivity contribution < 1.29 is 9.18 Å². The summed E-state index contributed by atoms with van der Waals surface area (Å²) in [5.41, 5.74) is 3.70. The fourth-order valence-electron chi connectivity index (χ4n) is 3.71. The van der Waals surface area contributed by atoms with E-state index in [0.29, 0.717) is 6.42 Å². The van der Waals surface area contributed by atoms with Gasteiger partial charge < -0.3 is 10.2 Å². The Balaban J connectivity index is 1.52. The van der Waals surface area contributed by atoms with Crippen LogP contribution in [-0.2, 0) is 17.6 Å². The number of nitrogens with zero attached hydrogens (tertiary/aromatic N) is 1. The Kier molecular flexibility index (Phi) is 6.04. The van der Waals surface area contributed by atoms with Crippen LogP contribution in [0.25, 0.3) is 0 Å². The van der Waals surface area contributed by atoms with Gasteiger partial charge in [-0.3, -0.25) is 4.79 Å². The van der Waals surface area contributed by atoms with Crippen molar-refractivity contribution in [3.63, 3.8) is 0 Å². The Labute approximate surface area is 155 Å².